The first-order valence-corrected chi connectivity index (χ1v) is 14.8. The van der Waals surface area contributed by atoms with E-state index in [-0.39, 0.29) is 53.4 Å². The summed E-state index contributed by atoms with van der Waals surface area (Å²) in [6.45, 7) is 7.11. The first kappa shape index (κ1) is 27.8. The Morgan fingerprint density at radius 3 is 2.62 bits per heavy atom. The third-order valence-corrected chi connectivity index (χ3v) is 9.09. The normalized spacial score (nSPS) is 28.0. The summed E-state index contributed by atoms with van der Waals surface area (Å²) in [5.74, 6) is 0.639. The van der Waals surface area contributed by atoms with Gasteiger partial charge in [0.2, 0.25) is 5.91 Å². The van der Waals surface area contributed by atoms with Gasteiger partial charge in [-0.15, -0.1) is 0 Å². The maximum absolute atomic E-state index is 13.5. The second-order valence-corrected chi connectivity index (χ2v) is 12.7. The van der Waals surface area contributed by atoms with Crippen LogP contribution >= 0.6 is 11.8 Å². The zero-order valence-corrected chi connectivity index (χ0v) is 24.2. The van der Waals surface area contributed by atoms with Crippen molar-refractivity contribution >= 4 is 35.3 Å². The second kappa shape index (κ2) is 11.4. The number of rotatable bonds is 8. The van der Waals surface area contributed by atoms with E-state index in [4.69, 9.17) is 4.74 Å². The van der Waals surface area contributed by atoms with Gasteiger partial charge in [0, 0.05) is 29.4 Å². The SMILES string of the molecule is Cc1cc(OC(C)C)ccc1N1C(=O)NC2=C(C(=O)N[C@H]3CC[C@@H](NC(=O)CN(C)C)C3)SC3NCCC1C23. The summed E-state index contributed by atoms with van der Waals surface area (Å²) in [6, 6.07) is 5.66. The number of urea groups is 1. The predicted molar refractivity (Wildman–Crippen MR) is 153 cm³/mol. The van der Waals surface area contributed by atoms with Crippen LogP contribution in [0, 0.1) is 12.8 Å². The highest BCUT2D eigenvalue weighted by Crippen LogP contribution is 2.48. The molecule has 5 atom stereocenters. The van der Waals surface area contributed by atoms with Crippen molar-refractivity contribution in [1.29, 1.82) is 0 Å². The number of anilines is 1. The van der Waals surface area contributed by atoms with Gasteiger partial charge in [0.05, 0.1) is 29.0 Å². The minimum atomic E-state index is -0.204. The molecular weight excluding hydrogens is 516 g/mol. The van der Waals surface area contributed by atoms with Crippen molar-refractivity contribution < 1.29 is 19.1 Å². The maximum Gasteiger partial charge on any atom is 0.326 e. The maximum atomic E-state index is 13.5. The van der Waals surface area contributed by atoms with Crippen LogP contribution in [0.3, 0.4) is 0 Å². The van der Waals surface area contributed by atoms with E-state index in [0.29, 0.717) is 17.9 Å². The van der Waals surface area contributed by atoms with E-state index in [0.717, 1.165) is 48.5 Å². The lowest BCUT2D eigenvalue weighted by Crippen LogP contribution is -2.62. The summed E-state index contributed by atoms with van der Waals surface area (Å²) >= 11 is 1.51. The van der Waals surface area contributed by atoms with Gasteiger partial charge in [-0.2, -0.15) is 0 Å². The molecule has 1 saturated carbocycles. The molecule has 3 unspecified atom stereocenters. The lowest BCUT2D eigenvalue weighted by molar-refractivity contribution is -0.122. The zero-order valence-electron chi connectivity index (χ0n) is 23.4. The minimum absolute atomic E-state index is 0.00115. The highest BCUT2D eigenvalue weighted by atomic mass is 32.2. The van der Waals surface area contributed by atoms with Crippen molar-refractivity contribution in [2.75, 3.05) is 32.1 Å². The van der Waals surface area contributed by atoms with Crippen LogP contribution in [0.5, 0.6) is 5.75 Å². The lowest BCUT2D eigenvalue weighted by atomic mass is 9.86. The van der Waals surface area contributed by atoms with Crippen molar-refractivity contribution in [2.45, 2.75) is 76.1 Å². The molecule has 1 aliphatic carbocycles. The fourth-order valence-electron chi connectivity index (χ4n) is 6.20. The molecule has 0 bridgehead atoms. The number of carbonyl (C=O) groups excluding carboxylic acids is 3. The Morgan fingerprint density at radius 1 is 1.18 bits per heavy atom. The number of carbonyl (C=O) groups is 3. The first-order chi connectivity index (χ1) is 18.6. The minimum Gasteiger partial charge on any atom is -0.491 e. The van der Waals surface area contributed by atoms with Gasteiger partial charge in [0.25, 0.3) is 5.91 Å². The van der Waals surface area contributed by atoms with Crippen LogP contribution in [0.2, 0.25) is 0 Å². The number of amides is 4. The summed E-state index contributed by atoms with van der Waals surface area (Å²) in [5, 5.41) is 12.9. The smallest absolute Gasteiger partial charge is 0.326 e. The molecule has 4 aliphatic rings. The fraction of sp³-hybridized carbons (Fsp3) is 0.607. The molecular formula is C28H40N6O4S. The summed E-state index contributed by atoms with van der Waals surface area (Å²) in [5.41, 5.74) is 2.57. The van der Waals surface area contributed by atoms with Crippen molar-refractivity contribution in [3.05, 3.63) is 34.4 Å². The van der Waals surface area contributed by atoms with Gasteiger partial charge in [0.15, 0.2) is 0 Å². The van der Waals surface area contributed by atoms with Crippen LogP contribution in [0.15, 0.2) is 28.8 Å². The average Bonchev–Trinajstić information content (AvgIpc) is 3.44. The van der Waals surface area contributed by atoms with E-state index in [1.807, 2.05) is 62.9 Å². The van der Waals surface area contributed by atoms with Crippen LogP contribution in [-0.4, -0.2) is 79.5 Å². The van der Waals surface area contributed by atoms with Gasteiger partial charge in [-0.1, -0.05) is 11.8 Å². The summed E-state index contributed by atoms with van der Waals surface area (Å²) in [6.07, 6.45) is 3.24. The monoisotopic (exact) mass is 556 g/mol. The molecule has 4 amide bonds. The Bertz CT molecular complexity index is 1170. The van der Waals surface area contributed by atoms with Gasteiger partial charge < -0.3 is 30.9 Å². The van der Waals surface area contributed by atoms with E-state index in [1.165, 1.54) is 11.8 Å². The molecule has 39 heavy (non-hydrogen) atoms. The van der Waals surface area contributed by atoms with Crippen molar-refractivity contribution in [2.24, 2.45) is 5.92 Å². The van der Waals surface area contributed by atoms with Crippen LogP contribution < -0.4 is 30.9 Å². The molecule has 212 valence electrons. The second-order valence-electron chi connectivity index (χ2n) is 11.5. The third kappa shape index (κ3) is 5.90. The summed E-state index contributed by atoms with van der Waals surface area (Å²) in [7, 11) is 3.73. The fourth-order valence-corrected chi connectivity index (χ4v) is 7.60. The Balaban J connectivity index is 1.29. The van der Waals surface area contributed by atoms with Gasteiger partial charge in [-0.05, 0) is 90.9 Å². The Hall–Kier alpha value is -2.76. The molecule has 4 N–H and O–H groups in total. The van der Waals surface area contributed by atoms with Crippen molar-refractivity contribution in [1.82, 2.24) is 26.2 Å². The predicted octanol–water partition coefficient (Wildman–Crippen LogP) is 2.29. The zero-order chi connectivity index (χ0) is 27.8. The van der Waals surface area contributed by atoms with Gasteiger partial charge >= 0.3 is 6.03 Å². The molecule has 1 aromatic carbocycles. The molecule has 1 aromatic rings. The quantitative estimate of drug-likeness (QED) is 0.388. The van der Waals surface area contributed by atoms with Gasteiger partial charge in [-0.3, -0.25) is 14.5 Å². The standard InChI is InChI=1S/C28H40N6O4S/c1-15(2)38-19-8-9-20(16(3)12-19)34-21-10-11-29-27-23(21)24(32-28(34)37)25(39-27)26(36)31-18-7-6-17(13-18)30-22(35)14-33(4)5/h8-9,12,15,17-18,21,23,27,29H,6-7,10-11,13-14H2,1-5H3,(H,30,35)(H,31,36)(H,32,37)/t17-,18+,21?,23?,27?/m1/s1. The Morgan fingerprint density at radius 2 is 1.92 bits per heavy atom. The summed E-state index contributed by atoms with van der Waals surface area (Å²) < 4.78 is 5.84. The summed E-state index contributed by atoms with van der Waals surface area (Å²) in [4.78, 5) is 43.4. The van der Waals surface area contributed by atoms with Crippen LogP contribution in [0.25, 0.3) is 0 Å². The lowest BCUT2D eigenvalue weighted by Gasteiger charge is -2.46. The van der Waals surface area contributed by atoms with E-state index in [1.54, 1.807) is 0 Å². The number of hydrogen-bond acceptors (Lipinski definition) is 7. The Labute approximate surface area is 234 Å². The topological polar surface area (TPSA) is 115 Å². The molecule has 0 radical (unpaired) electrons. The van der Waals surface area contributed by atoms with E-state index >= 15 is 0 Å². The van der Waals surface area contributed by atoms with Crippen molar-refractivity contribution in [3.63, 3.8) is 0 Å². The van der Waals surface area contributed by atoms with E-state index in [2.05, 4.69) is 21.3 Å². The number of nitrogens with one attached hydrogen (secondary N) is 4. The van der Waals surface area contributed by atoms with Gasteiger partial charge in [-0.25, -0.2) is 4.79 Å². The molecule has 3 heterocycles. The molecule has 2 saturated heterocycles. The number of likely N-dealkylation sites (N-methyl/N-ethyl adjacent to an activating group) is 1. The molecule has 3 fully saturated rings. The van der Waals surface area contributed by atoms with E-state index in [9.17, 15) is 14.4 Å². The van der Waals surface area contributed by atoms with Crippen LogP contribution in [-0.2, 0) is 9.59 Å². The number of piperidine rings is 1. The molecule has 5 rings (SSSR count). The number of benzene rings is 1. The average molecular weight is 557 g/mol. The molecule has 3 aliphatic heterocycles. The number of thioether (sulfide) groups is 1. The number of ether oxygens (including phenoxy) is 1. The molecule has 11 heteroatoms. The first-order valence-electron chi connectivity index (χ1n) is 13.9. The van der Waals surface area contributed by atoms with Crippen LogP contribution in [0.4, 0.5) is 10.5 Å². The van der Waals surface area contributed by atoms with Crippen molar-refractivity contribution in [3.8, 4) is 5.75 Å². The number of nitrogens with zero attached hydrogens (tertiary/aromatic N) is 2. The highest BCUT2D eigenvalue weighted by Gasteiger charge is 2.52. The highest BCUT2D eigenvalue weighted by molar-refractivity contribution is 8.04. The molecule has 0 spiro atoms. The number of aryl methyl sites for hydroxylation is 1. The largest absolute Gasteiger partial charge is 0.491 e. The van der Waals surface area contributed by atoms with Crippen LogP contribution in [0.1, 0.15) is 45.1 Å². The third-order valence-electron chi connectivity index (χ3n) is 7.74. The number of hydrogen-bond donors (Lipinski definition) is 4. The molecule has 10 nitrogen and oxygen atoms in total. The van der Waals surface area contributed by atoms with E-state index < -0.39 is 0 Å². The molecule has 0 aromatic heterocycles. The van der Waals surface area contributed by atoms with Gasteiger partial charge in [0.1, 0.15) is 5.75 Å². The Kier molecular flexibility index (Phi) is 8.11.